The SMILES string of the molecule is COC[C@H](NC(=O)C1(CNC(=O)OCC2c3ccccc3-c3ccccc32)CCCC1)C(=O)O. The number of carboxylic acid groups (broad SMARTS) is 1. The van der Waals surface area contributed by atoms with Crippen molar-refractivity contribution in [3.8, 4) is 11.1 Å². The monoisotopic (exact) mass is 466 g/mol. The molecule has 2 amide bonds. The Kier molecular flexibility index (Phi) is 7.17. The van der Waals surface area contributed by atoms with Crippen molar-refractivity contribution in [2.75, 3.05) is 26.9 Å². The van der Waals surface area contributed by atoms with Crippen LogP contribution in [0.15, 0.2) is 48.5 Å². The van der Waals surface area contributed by atoms with E-state index in [1.165, 1.54) is 7.11 Å². The van der Waals surface area contributed by atoms with Crippen LogP contribution in [0.5, 0.6) is 0 Å². The minimum Gasteiger partial charge on any atom is -0.480 e. The van der Waals surface area contributed by atoms with Gasteiger partial charge in [0.25, 0.3) is 0 Å². The average molecular weight is 467 g/mol. The molecule has 0 saturated heterocycles. The zero-order valence-corrected chi connectivity index (χ0v) is 19.2. The molecule has 0 heterocycles. The lowest BCUT2D eigenvalue weighted by atomic mass is 9.84. The summed E-state index contributed by atoms with van der Waals surface area (Å²) >= 11 is 0. The van der Waals surface area contributed by atoms with E-state index in [9.17, 15) is 19.5 Å². The highest BCUT2D eigenvalue weighted by atomic mass is 16.5. The molecular formula is C26H30N2O6. The molecule has 0 radical (unpaired) electrons. The van der Waals surface area contributed by atoms with Gasteiger partial charge in [-0.15, -0.1) is 0 Å². The number of benzene rings is 2. The number of hydrogen-bond acceptors (Lipinski definition) is 5. The molecular weight excluding hydrogens is 436 g/mol. The molecule has 1 fully saturated rings. The first kappa shape index (κ1) is 23.8. The molecule has 8 nitrogen and oxygen atoms in total. The summed E-state index contributed by atoms with van der Waals surface area (Å²) in [7, 11) is 1.38. The van der Waals surface area contributed by atoms with E-state index in [-0.39, 0.29) is 31.6 Å². The highest BCUT2D eigenvalue weighted by Gasteiger charge is 2.43. The summed E-state index contributed by atoms with van der Waals surface area (Å²) in [6.07, 6.45) is 2.22. The van der Waals surface area contributed by atoms with E-state index in [0.29, 0.717) is 12.8 Å². The molecule has 0 bridgehead atoms. The number of ether oxygens (including phenoxy) is 2. The van der Waals surface area contributed by atoms with Gasteiger partial charge < -0.3 is 25.2 Å². The van der Waals surface area contributed by atoms with Crippen molar-refractivity contribution in [2.24, 2.45) is 5.41 Å². The van der Waals surface area contributed by atoms with Crippen LogP contribution in [0.3, 0.4) is 0 Å². The Hall–Kier alpha value is -3.39. The second-order valence-corrected chi connectivity index (χ2v) is 8.99. The number of carbonyl (C=O) groups excluding carboxylic acids is 2. The molecule has 8 heteroatoms. The molecule has 34 heavy (non-hydrogen) atoms. The number of aliphatic carboxylic acids is 1. The van der Waals surface area contributed by atoms with Crippen molar-refractivity contribution in [2.45, 2.75) is 37.6 Å². The maximum Gasteiger partial charge on any atom is 0.407 e. The summed E-state index contributed by atoms with van der Waals surface area (Å²) in [4.78, 5) is 37.0. The highest BCUT2D eigenvalue weighted by Crippen LogP contribution is 2.44. The fraction of sp³-hybridized carbons (Fsp3) is 0.423. The van der Waals surface area contributed by atoms with Crippen molar-refractivity contribution in [3.05, 3.63) is 59.7 Å². The second-order valence-electron chi connectivity index (χ2n) is 8.99. The topological polar surface area (TPSA) is 114 Å². The Balaban J connectivity index is 1.37. The summed E-state index contributed by atoms with van der Waals surface area (Å²) in [5.41, 5.74) is 3.70. The largest absolute Gasteiger partial charge is 0.480 e. The zero-order valence-electron chi connectivity index (χ0n) is 19.2. The van der Waals surface area contributed by atoms with Crippen molar-refractivity contribution in [3.63, 3.8) is 0 Å². The number of amides is 2. The molecule has 1 saturated carbocycles. The third-order valence-electron chi connectivity index (χ3n) is 6.89. The lowest BCUT2D eigenvalue weighted by molar-refractivity contribution is -0.145. The lowest BCUT2D eigenvalue weighted by Gasteiger charge is -2.29. The standard InChI is InChI=1S/C26H30N2O6/c1-33-15-22(23(29)30)28-24(31)26(12-6-7-13-26)16-27-25(32)34-14-21-19-10-4-2-8-17(19)18-9-3-5-11-20(18)21/h2-5,8-11,21-22H,6-7,12-16H2,1H3,(H,27,32)(H,28,31)(H,29,30)/t22-/m0/s1. The van der Waals surface area contributed by atoms with Crippen LogP contribution in [0, 0.1) is 5.41 Å². The van der Waals surface area contributed by atoms with Gasteiger partial charge >= 0.3 is 12.1 Å². The molecule has 0 unspecified atom stereocenters. The van der Waals surface area contributed by atoms with E-state index in [2.05, 4.69) is 34.9 Å². The van der Waals surface area contributed by atoms with E-state index in [4.69, 9.17) is 9.47 Å². The first-order valence-electron chi connectivity index (χ1n) is 11.6. The second kappa shape index (κ2) is 10.3. The summed E-state index contributed by atoms with van der Waals surface area (Å²) in [6.45, 7) is 0.153. The minimum atomic E-state index is -1.16. The number of carboxylic acids is 1. The van der Waals surface area contributed by atoms with Gasteiger partial charge in [-0.25, -0.2) is 9.59 Å². The molecule has 1 atom stereocenters. The maximum atomic E-state index is 13.0. The van der Waals surface area contributed by atoms with E-state index in [1.54, 1.807) is 0 Å². The molecule has 2 aliphatic carbocycles. The Bertz CT molecular complexity index is 1020. The van der Waals surface area contributed by atoms with Gasteiger partial charge in [0, 0.05) is 19.6 Å². The van der Waals surface area contributed by atoms with Crippen molar-refractivity contribution < 1.29 is 29.0 Å². The maximum absolute atomic E-state index is 13.0. The van der Waals surface area contributed by atoms with Crippen LogP contribution < -0.4 is 10.6 Å². The van der Waals surface area contributed by atoms with Crippen LogP contribution in [0.4, 0.5) is 4.79 Å². The molecule has 0 aromatic heterocycles. The zero-order chi connectivity index (χ0) is 24.1. The normalized spacial score (nSPS) is 16.9. The highest BCUT2D eigenvalue weighted by molar-refractivity contribution is 5.88. The van der Waals surface area contributed by atoms with Gasteiger partial charge in [-0.3, -0.25) is 4.79 Å². The van der Waals surface area contributed by atoms with Crippen LogP contribution in [-0.2, 0) is 19.1 Å². The van der Waals surface area contributed by atoms with Gasteiger partial charge in [0.2, 0.25) is 5.91 Å². The average Bonchev–Trinajstić information content (AvgIpc) is 3.45. The third kappa shape index (κ3) is 4.77. The number of fused-ring (bicyclic) bond motifs is 3. The van der Waals surface area contributed by atoms with Crippen LogP contribution >= 0.6 is 0 Å². The first-order chi connectivity index (χ1) is 16.4. The predicted molar refractivity (Wildman–Crippen MR) is 125 cm³/mol. The first-order valence-corrected chi connectivity index (χ1v) is 11.6. The molecule has 4 rings (SSSR count). The van der Waals surface area contributed by atoms with Gasteiger partial charge in [0.05, 0.1) is 12.0 Å². The quantitative estimate of drug-likeness (QED) is 0.523. The number of hydrogen-bond donors (Lipinski definition) is 3. The van der Waals surface area contributed by atoms with Crippen LogP contribution in [0.1, 0.15) is 42.7 Å². The number of nitrogens with one attached hydrogen (secondary N) is 2. The number of alkyl carbamates (subject to hydrolysis) is 1. The minimum absolute atomic E-state index is 0.0488. The molecule has 0 spiro atoms. The summed E-state index contributed by atoms with van der Waals surface area (Å²) in [5.74, 6) is -1.59. The molecule has 2 aromatic carbocycles. The van der Waals surface area contributed by atoms with Gasteiger partial charge in [-0.2, -0.15) is 0 Å². The number of methoxy groups -OCH3 is 1. The van der Waals surface area contributed by atoms with Gasteiger partial charge in [0.1, 0.15) is 6.61 Å². The molecule has 3 N–H and O–H groups in total. The van der Waals surface area contributed by atoms with Crippen molar-refractivity contribution in [1.82, 2.24) is 10.6 Å². The molecule has 2 aliphatic rings. The van der Waals surface area contributed by atoms with E-state index in [1.807, 2.05) is 24.3 Å². The number of rotatable bonds is 9. The van der Waals surface area contributed by atoms with Crippen molar-refractivity contribution >= 4 is 18.0 Å². The van der Waals surface area contributed by atoms with E-state index < -0.39 is 23.5 Å². The van der Waals surface area contributed by atoms with Gasteiger partial charge in [0.15, 0.2) is 6.04 Å². The van der Waals surface area contributed by atoms with Gasteiger partial charge in [-0.05, 0) is 35.1 Å². The predicted octanol–water partition coefficient (Wildman–Crippen LogP) is 3.30. The third-order valence-corrected chi connectivity index (χ3v) is 6.89. The smallest absolute Gasteiger partial charge is 0.407 e. The van der Waals surface area contributed by atoms with Crippen molar-refractivity contribution in [1.29, 1.82) is 0 Å². The molecule has 0 aliphatic heterocycles. The lowest BCUT2D eigenvalue weighted by Crippen LogP contribution is -2.53. The Morgan fingerprint density at radius 1 is 1.03 bits per heavy atom. The van der Waals surface area contributed by atoms with E-state index >= 15 is 0 Å². The fourth-order valence-electron chi connectivity index (χ4n) is 5.08. The summed E-state index contributed by atoms with van der Waals surface area (Å²) < 4.78 is 10.5. The summed E-state index contributed by atoms with van der Waals surface area (Å²) in [6, 6.07) is 15.1. The van der Waals surface area contributed by atoms with Gasteiger partial charge in [-0.1, -0.05) is 61.4 Å². The molecule has 180 valence electrons. The number of carbonyl (C=O) groups is 3. The van der Waals surface area contributed by atoms with E-state index in [0.717, 1.165) is 35.1 Å². The summed E-state index contributed by atoms with van der Waals surface area (Å²) in [5, 5.41) is 14.6. The van der Waals surface area contributed by atoms with Crippen LogP contribution in [0.2, 0.25) is 0 Å². The Morgan fingerprint density at radius 3 is 2.18 bits per heavy atom. The van der Waals surface area contributed by atoms with Crippen LogP contribution in [-0.4, -0.2) is 56.0 Å². The molecule has 2 aromatic rings. The van der Waals surface area contributed by atoms with Crippen LogP contribution in [0.25, 0.3) is 11.1 Å². The Labute approximate surface area is 198 Å². The fourth-order valence-corrected chi connectivity index (χ4v) is 5.08. The Morgan fingerprint density at radius 2 is 1.62 bits per heavy atom.